The minimum Gasteiger partial charge on any atom is -0.144 e. The molecular weight excluding hydrogens is 192 g/mol. The largest absolute Gasteiger partial charge is 0.144 e. The van der Waals surface area contributed by atoms with E-state index in [1.54, 1.807) is 11.3 Å². The molecule has 0 aliphatic heterocycles. The van der Waals surface area contributed by atoms with Crippen LogP contribution in [0.5, 0.6) is 0 Å². The Kier molecular flexibility index (Phi) is 2.09. The first-order valence-corrected chi connectivity index (χ1v) is 5.44. The molecule has 1 aromatic heterocycles. The monoisotopic (exact) mass is 202 g/mol. The van der Waals surface area contributed by atoms with Crippen molar-refractivity contribution in [1.29, 1.82) is 0 Å². The van der Waals surface area contributed by atoms with E-state index in [1.807, 2.05) is 6.92 Å². The molecule has 2 rings (SSSR count). The van der Waals surface area contributed by atoms with Crippen molar-refractivity contribution >= 4 is 22.9 Å². The van der Waals surface area contributed by atoms with Crippen molar-refractivity contribution in [2.75, 3.05) is 5.88 Å². The Morgan fingerprint density at radius 1 is 1.50 bits per heavy atom. The molecule has 1 aliphatic rings. The maximum atomic E-state index is 5.87. The Balaban J connectivity index is 2.04. The summed E-state index contributed by atoms with van der Waals surface area (Å²) in [4.78, 5) is 0. The predicted molar refractivity (Wildman–Crippen MR) is 50.7 cm³/mol. The van der Waals surface area contributed by atoms with Crippen LogP contribution in [0.25, 0.3) is 0 Å². The summed E-state index contributed by atoms with van der Waals surface area (Å²) in [6, 6.07) is 0. The fourth-order valence-electron chi connectivity index (χ4n) is 1.26. The molecule has 1 aromatic rings. The van der Waals surface area contributed by atoms with Crippen molar-refractivity contribution in [2.24, 2.45) is 5.41 Å². The van der Waals surface area contributed by atoms with Crippen molar-refractivity contribution in [3.63, 3.8) is 0 Å². The van der Waals surface area contributed by atoms with Gasteiger partial charge in [0.05, 0.1) is 0 Å². The number of hydrogen-bond acceptors (Lipinski definition) is 3. The second kappa shape index (κ2) is 2.96. The fraction of sp³-hybridized carbons (Fsp3) is 0.750. The van der Waals surface area contributed by atoms with Gasteiger partial charge in [-0.3, -0.25) is 0 Å². The van der Waals surface area contributed by atoms with Gasteiger partial charge in [-0.1, -0.05) is 0 Å². The van der Waals surface area contributed by atoms with Crippen LogP contribution in [0.15, 0.2) is 0 Å². The van der Waals surface area contributed by atoms with Gasteiger partial charge in [-0.15, -0.1) is 33.1 Å². The molecular formula is C8H11ClN2S. The Morgan fingerprint density at radius 2 is 2.25 bits per heavy atom. The molecule has 0 N–H and O–H groups in total. The standard InChI is InChI=1S/C8H11ClN2S/c1-6-10-11-7(12-6)4-8(5-9)2-3-8/h2-5H2,1H3. The van der Waals surface area contributed by atoms with Crippen molar-refractivity contribution < 1.29 is 0 Å². The van der Waals surface area contributed by atoms with Gasteiger partial charge in [0.25, 0.3) is 0 Å². The summed E-state index contributed by atoms with van der Waals surface area (Å²) in [7, 11) is 0. The van der Waals surface area contributed by atoms with E-state index in [0.29, 0.717) is 5.41 Å². The highest BCUT2D eigenvalue weighted by molar-refractivity contribution is 7.11. The van der Waals surface area contributed by atoms with Crippen molar-refractivity contribution in [3.05, 3.63) is 10.0 Å². The highest BCUT2D eigenvalue weighted by Crippen LogP contribution is 2.49. The van der Waals surface area contributed by atoms with Crippen LogP contribution in [0, 0.1) is 12.3 Å². The maximum Gasteiger partial charge on any atom is 0.118 e. The smallest absolute Gasteiger partial charge is 0.118 e. The summed E-state index contributed by atoms with van der Waals surface area (Å²) < 4.78 is 0. The molecule has 0 amide bonds. The van der Waals surface area contributed by atoms with Crippen LogP contribution in [0.2, 0.25) is 0 Å². The molecule has 0 bridgehead atoms. The summed E-state index contributed by atoms with van der Waals surface area (Å²) in [5, 5.41) is 10.3. The maximum absolute atomic E-state index is 5.87. The molecule has 1 heterocycles. The molecule has 66 valence electrons. The number of halogens is 1. The second-order valence-electron chi connectivity index (χ2n) is 3.53. The van der Waals surface area contributed by atoms with Gasteiger partial charge in [-0.2, -0.15) is 0 Å². The molecule has 0 aromatic carbocycles. The second-order valence-corrected chi connectivity index (χ2v) is 5.06. The molecule has 0 spiro atoms. The average molecular weight is 203 g/mol. The Labute approximate surface area is 81.0 Å². The zero-order chi connectivity index (χ0) is 8.60. The molecule has 1 aliphatic carbocycles. The molecule has 12 heavy (non-hydrogen) atoms. The van der Waals surface area contributed by atoms with E-state index < -0.39 is 0 Å². The van der Waals surface area contributed by atoms with Crippen LogP contribution >= 0.6 is 22.9 Å². The van der Waals surface area contributed by atoms with E-state index in [2.05, 4.69) is 10.2 Å². The van der Waals surface area contributed by atoms with E-state index >= 15 is 0 Å². The van der Waals surface area contributed by atoms with Crippen LogP contribution in [-0.2, 0) is 6.42 Å². The van der Waals surface area contributed by atoms with Gasteiger partial charge in [-0.25, -0.2) is 0 Å². The average Bonchev–Trinajstić information content (AvgIpc) is 2.71. The lowest BCUT2D eigenvalue weighted by atomic mass is 10.1. The summed E-state index contributed by atoms with van der Waals surface area (Å²) >= 11 is 7.56. The quantitative estimate of drug-likeness (QED) is 0.704. The number of nitrogens with zero attached hydrogens (tertiary/aromatic N) is 2. The first-order valence-electron chi connectivity index (χ1n) is 4.09. The third kappa shape index (κ3) is 1.62. The normalized spacial score (nSPS) is 19.5. The molecule has 1 saturated carbocycles. The molecule has 2 nitrogen and oxygen atoms in total. The van der Waals surface area contributed by atoms with Crippen molar-refractivity contribution in [1.82, 2.24) is 10.2 Å². The number of alkyl halides is 1. The van der Waals surface area contributed by atoms with Gasteiger partial charge in [0.1, 0.15) is 10.0 Å². The van der Waals surface area contributed by atoms with Crippen LogP contribution in [0.3, 0.4) is 0 Å². The predicted octanol–water partition coefficient (Wildman–Crippen LogP) is 2.41. The highest BCUT2D eigenvalue weighted by atomic mass is 35.5. The first kappa shape index (κ1) is 8.45. The summed E-state index contributed by atoms with van der Waals surface area (Å²) in [5.74, 6) is 0.769. The van der Waals surface area contributed by atoms with Crippen LogP contribution in [0.1, 0.15) is 22.9 Å². The van der Waals surface area contributed by atoms with Gasteiger partial charge in [0.2, 0.25) is 0 Å². The molecule has 0 atom stereocenters. The summed E-state index contributed by atoms with van der Waals surface area (Å²) in [6.07, 6.45) is 3.55. The number of hydrogen-bond donors (Lipinski definition) is 0. The third-order valence-electron chi connectivity index (χ3n) is 2.33. The third-order valence-corrected chi connectivity index (χ3v) is 3.74. The topological polar surface area (TPSA) is 25.8 Å². The number of rotatable bonds is 3. The van der Waals surface area contributed by atoms with E-state index in [0.717, 1.165) is 22.3 Å². The van der Waals surface area contributed by atoms with Crippen LogP contribution < -0.4 is 0 Å². The lowest BCUT2D eigenvalue weighted by Crippen LogP contribution is -2.06. The van der Waals surface area contributed by atoms with E-state index in [-0.39, 0.29) is 0 Å². The molecule has 0 radical (unpaired) electrons. The number of aromatic nitrogens is 2. The van der Waals surface area contributed by atoms with E-state index in [9.17, 15) is 0 Å². The Hall–Kier alpha value is -0.150. The SMILES string of the molecule is Cc1nnc(CC2(CCl)CC2)s1. The van der Waals surface area contributed by atoms with Gasteiger partial charge < -0.3 is 0 Å². The van der Waals surface area contributed by atoms with Gasteiger partial charge in [0, 0.05) is 12.3 Å². The summed E-state index contributed by atoms with van der Waals surface area (Å²) in [6.45, 7) is 1.99. The highest BCUT2D eigenvalue weighted by Gasteiger charge is 2.42. The Morgan fingerprint density at radius 3 is 2.67 bits per heavy atom. The molecule has 0 unspecified atom stereocenters. The zero-order valence-electron chi connectivity index (χ0n) is 7.01. The molecule has 4 heteroatoms. The molecule has 0 saturated heterocycles. The van der Waals surface area contributed by atoms with Gasteiger partial charge >= 0.3 is 0 Å². The van der Waals surface area contributed by atoms with Gasteiger partial charge in [-0.05, 0) is 25.2 Å². The zero-order valence-corrected chi connectivity index (χ0v) is 8.58. The van der Waals surface area contributed by atoms with Gasteiger partial charge in [0.15, 0.2) is 0 Å². The van der Waals surface area contributed by atoms with Crippen molar-refractivity contribution in [2.45, 2.75) is 26.2 Å². The summed E-state index contributed by atoms with van der Waals surface area (Å²) in [5.41, 5.74) is 0.382. The molecule has 1 fully saturated rings. The van der Waals surface area contributed by atoms with Crippen LogP contribution in [-0.4, -0.2) is 16.1 Å². The number of aryl methyl sites for hydroxylation is 1. The fourth-order valence-corrected chi connectivity index (χ4v) is 2.51. The minimum atomic E-state index is 0.382. The van der Waals surface area contributed by atoms with E-state index in [4.69, 9.17) is 11.6 Å². The van der Waals surface area contributed by atoms with Crippen molar-refractivity contribution in [3.8, 4) is 0 Å². The van der Waals surface area contributed by atoms with Crippen LogP contribution in [0.4, 0.5) is 0 Å². The lowest BCUT2D eigenvalue weighted by molar-refractivity contribution is 0.572. The minimum absolute atomic E-state index is 0.382. The Bertz CT molecular complexity index is 280. The van der Waals surface area contributed by atoms with E-state index in [1.165, 1.54) is 12.8 Å². The lowest BCUT2D eigenvalue weighted by Gasteiger charge is -2.06. The first-order chi connectivity index (χ1) is 5.74.